The van der Waals surface area contributed by atoms with E-state index in [1.165, 1.54) is 0 Å². The standard InChI is InChI=1S/C5H7F3.ClH.H3N/c6-4(5(7)8)3-1-2-3;;/h3-5H,1-2H2;1H;1H3. The molecule has 1 fully saturated rings. The minimum atomic E-state index is -2.76. The van der Waals surface area contributed by atoms with Crippen LogP contribution >= 0.6 is 12.4 Å². The zero-order valence-electron chi connectivity index (χ0n) is 5.40. The highest BCUT2D eigenvalue weighted by molar-refractivity contribution is 5.85. The van der Waals surface area contributed by atoms with Crippen molar-refractivity contribution in [2.24, 2.45) is 5.92 Å². The van der Waals surface area contributed by atoms with Gasteiger partial charge in [-0.2, -0.15) is 0 Å². The lowest BCUT2D eigenvalue weighted by atomic mass is 10.3. The lowest BCUT2D eigenvalue weighted by Crippen LogP contribution is -2.13. The minimum Gasteiger partial charge on any atom is -0.344 e. The Balaban J connectivity index is 0. The van der Waals surface area contributed by atoms with E-state index < -0.39 is 12.6 Å². The topological polar surface area (TPSA) is 35.0 Å². The molecule has 10 heavy (non-hydrogen) atoms. The molecule has 0 heterocycles. The molecule has 0 aromatic heterocycles. The first-order chi connectivity index (χ1) is 3.72. The van der Waals surface area contributed by atoms with E-state index in [1.807, 2.05) is 0 Å². The largest absolute Gasteiger partial charge is 0.344 e. The molecule has 1 nitrogen and oxygen atoms in total. The molecule has 0 saturated heterocycles. The van der Waals surface area contributed by atoms with Crippen molar-refractivity contribution in [3.8, 4) is 0 Å². The normalized spacial score (nSPS) is 19.2. The van der Waals surface area contributed by atoms with Gasteiger partial charge in [0.1, 0.15) is 0 Å². The summed E-state index contributed by atoms with van der Waals surface area (Å²) in [6, 6.07) is 0. The van der Waals surface area contributed by atoms with Crippen molar-refractivity contribution in [1.29, 1.82) is 0 Å². The lowest BCUT2D eigenvalue weighted by Gasteiger charge is -2.01. The summed E-state index contributed by atoms with van der Waals surface area (Å²) in [5.74, 6) is -0.324. The van der Waals surface area contributed by atoms with Gasteiger partial charge in [0.25, 0.3) is 6.43 Å². The fourth-order valence-electron chi connectivity index (χ4n) is 0.620. The fraction of sp³-hybridized carbons (Fsp3) is 1.00. The van der Waals surface area contributed by atoms with E-state index in [1.54, 1.807) is 0 Å². The van der Waals surface area contributed by atoms with Gasteiger partial charge in [0, 0.05) is 0 Å². The minimum absolute atomic E-state index is 0. The molecule has 0 aromatic rings. The zero-order chi connectivity index (χ0) is 6.15. The highest BCUT2D eigenvalue weighted by Gasteiger charge is 2.37. The van der Waals surface area contributed by atoms with Gasteiger partial charge in [0.05, 0.1) is 0 Å². The number of hydrogen-bond donors (Lipinski definition) is 1. The summed E-state index contributed by atoms with van der Waals surface area (Å²) in [6.07, 6.45) is -3.32. The first kappa shape index (κ1) is 12.7. The summed E-state index contributed by atoms with van der Waals surface area (Å²) in [5.41, 5.74) is 0. The van der Waals surface area contributed by atoms with E-state index in [0.29, 0.717) is 12.8 Å². The van der Waals surface area contributed by atoms with Crippen LogP contribution in [0.5, 0.6) is 0 Å². The SMILES string of the molecule is Cl.FC(F)C(F)C1CC1.N. The molecule has 1 atom stereocenters. The van der Waals surface area contributed by atoms with Crippen LogP contribution in [0.15, 0.2) is 0 Å². The Morgan fingerprint density at radius 3 is 1.60 bits per heavy atom. The molecule has 0 radical (unpaired) electrons. The van der Waals surface area contributed by atoms with Crippen molar-refractivity contribution in [3.05, 3.63) is 0 Å². The van der Waals surface area contributed by atoms with Crippen LogP contribution in [0.4, 0.5) is 13.2 Å². The predicted octanol–water partition coefficient (Wildman–Crippen LogP) is 2.58. The van der Waals surface area contributed by atoms with Crippen molar-refractivity contribution in [3.63, 3.8) is 0 Å². The maximum Gasteiger partial charge on any atom is 0.269 e. The molecule has 1 unspecified atom stereocenters. The first-order valence-corrected chi connectivity index (χ1v) is 2.64. The second-order valence-corrected chi connectivity index (χ2v) is 2.12. The number of hydrogen-bond acceptors (Lipinski definition) is 1. The fourth-order valence-corrected chi connectivity index (χ4v) is 0.620. The third kappa shape index (κ3) is 3.27. The van der Waals surface area contributed by atoms with Gasteiger partial charge in [0.15, 0.2) is 6.17 Å². The maximum atomic E-state index is 12.0. The van der Waals surface area contributed by atoms with Crippen LogP contribution in [0.25, 0.3) is 0 Å². The van der Waals surface area contributed by atoms with Crippen LogP contribution in [-0.2, 0) is 0 Å². The quantitative estimate of drug-likeness (QED) is 0.691. The number of halogens is 4. The van der Waals surface area contributed by atoms with Gasteiger partial charge < -0.3 is 6.15 Å². The first-order valence-electron chi connectivity index (χ1n) is 2.64. The number of alkyl halides is 3. The van der Waals surface area contributed by atoms with Crippen molar-refractivity contribution in [2.45, 2.75) is 25.4 Å². The molecular formula is C5H11ClF3N. The predicted molar refractivity (Wildman–Crippen MR) is 35.9 cm³/mol. The molecule has 0 amide bonds. The van der Waals surface area contributed by atoms with Crippen LogP contribution < -0.4 is 6.15 Å². The highest BCUT2D eigenvalue weighted by atomic mass is 35.5. The third-order valence-electron chi connectivity index (χ3n) is 1.31. The van der Waals surface area contributed by atoms with Crippen molar-refractivity contribution >= 4 is 12.4 Å². The molecule has 0 bridgehead atoms. The summed E-state index contributed by atoms with van der Waals surface area (Å²) >= 11 is 0. The molecule has 5 heteroatoms. The van der Waals surface area contributed by atoms with Crippen molar-refractivity contribution in [1.82, 2.24) is 6.15 Å². The average Bonchev–Trinajstić information content (AvgIpc) is 2.43. The Labute approximate surface area is 64.0 Å². The average molecular weight is 178 g/mol. The van der Waals surface area contributed by atoms with Crippen LogP contribution in [0, 0.1) is 5.92 Å². The number of rotatable bonds is 2. The van der Waals surface area contributed by atoms with Gasteiger partial charge in [-0.25, -0.2) is 13.2 Å². The van der Waals surface area contributed by atoms with Crippen molar-refractivity contribution in [2.75, 3.05) is 0 Å². The molecule has 0 spiro atoms. The van der Waals surface area contributed by atoms with Crippen LogP contribution in [0.1, 0.15) is 12.8 Å². The molecular weight excluding hydrogens is 167 g/mol. The van der Waals surface area contributed by atoms with E-state index in [4.69, 9.17) is 0 Å². The summed E-state index contributed by atoms with van der Waals surface area (Å²) < 4.78 is 34.6. The molecule has 1 rings (SSSR count). The monoisotopic (exact) mass is 177 g/mol. The lowest BCUT2D eigenvalue weighted by molar-refractivity contribution is 0.0380. The maximum absolute atomic E-state index is 12.0. The Morgan fingerprint density at radius 1 is 1.10 bits per heavy atom. The van der Waals surface area contributed by atoms with E-state index in [0.717, 1.165) is 0 Å². The summed E-state index contributed by atoms with van der Waals surface area (Å²) in [7, 11) is 0. The van der Waals surface area contributed by atoms with E-state index in [-0.39, 0.29) is 24.5 Å². The van der Waals surface area contributed by atoms with Gasteiger partial charge in [-0.1, -0.05) is 0 Å². The molecule has 1 aliphatic rings. The van der Waals surface area contributed by atoms with Gasteiger partial charge in [-0.3, -0.25) is 0 Å². The summed E-state index contributed by atoms with van der Waals surface area (Å²) in [6.45, 7) is 0. The van der Waals surface area contributed by atoms with Crippen LogP contribution in [0.2, 0.25) is 0 Å². The second kappa shape index (κ2) is 4.79. The smallest absolute Gasteiger partial charge is 0.269 e. The van der Waals surface area contributed by atoms with Crippen LogP contribution in [-0.4, -0.2) is 12.6 Å². The highest BCUT2D eigenvalue weighted by Crippen LogP contribution is 2.36. The second-order valence-electron chi connectivity index (χ2n) is 2.12. The van der Waals surface area contributed by atoms with E-state index in [9.17, 15) is 13.2 Å². The van der Waals surface area contributed by atoms with Gasteiger partial charge in [-0.15, -0.1) is 12.4 Å². The summed E-state index contributed by atoms with van der Waals surface area (Å²) in [5, 5.41) is 0. The Morgan fingerprint density at radius 2 is 1.50 bits per heavy atom. The third-order valence-corrected chi connectivity index (χ3v) is 1.31. The van der Waals surface area contributed by atoms with Crippen LogP contribution in [0.3, 0.4) is 0 Å². The molecule has 64 valence electrons. The van der Waals surface area contributed by atoms with E-state index in [2.05, 4.69) is 0 Å². The van der Waals surface area contributed by atoms with Gasteiger partial charge in [-0.05, 0) is 18.8 Å². The zero-order valence-corrected chi connectivity index (χ0v) is 6.21. The van der Waals surface area contributed by atoms with Crippen molar-refractivity contribution < 1.29 is 13.2 Å². The Bertz CT molecular complexity index is 85.0. The molecule has 0 aromatic carbocycles. The Kier molecular flexibility index (Phi) is 6.09. The van der Waals surface area contributed by atoms with E-state index >= 15 is 0 Å². The van der Waals surface area contributed by atoms with Gasteiger partial charge in [0.2, 0.25) is 0 Å². The van der Waals surface area contributed by atoms with Gasteiger partial charge >= 0.3 is 0 Å². The molecule has 1 saturated carbocycles. The Hall–Kier alpha value is 0.0400. The summed E-state index contributed by atoms with van der Waals surface area (Å²) in [4.78, 5) is 0. The molecule has 1 aliphatic carbocycles. The molecule has 3 N–H and O–H groups in total. The molecule has 0 aliphatic heterocycles.